The van der Waals surface area contributed by atoms with Gasteiger partial charge in [-0.05, 0) is 70.6 Å². The lowest BCUT2D eigenvalue weighted by molar-refractivity contribution is -0.145. The molecular formula is C44H76O13. The van der Waals surface area contributed by atoms with Gasteiger partial charge in [-0.3, -0.25) is 0 Å². The number of rotatable bonds is 15. The maximum absolute atomic E-state index is 11.2. The van der Waals surface area contributed by atoms with E-state index in [1.54, 1.807) is 6.92 Å². The Hall–Kier alpha value is -3.36. The summed E-state index contributed by atoms with van der Waals surface area (Å²) in [5, 5.41) is 0. The van der Waals surface area contributed by atoms with E-state index in [1.165, 1.54) is 18.2 Å². The highest BCUT2D eigenvalue weighted by Crippen LogP contribution is 2.40. The Morgan fingerprint density at radius 2 is 1.07 bits per heavy atom. The lowest BCUT2D eigenvalue weighted by Crippen LogP contribution is -2.24. The van der Waals surface area contributed by atoms with Crippen LogP contribution in [-0.2, 0) is 61.8 Å². The van der Waals surface area contributed by atoms with Crippen LogP contribution in [0.2, 0.25) is 0 Å². The molecule has 57 heavy (non-hydrogen) atoms. The molecule has 13 heteroatoms. The zero-order valence-corrected chi connectivity index (χ0v) is 30.5. The summed E-state index contributed by atoms with van der Waals surface area (Å²) in [5.74, 6) is -0.785. The van der Waals surface area contributed by atoms with Crippen LogP contribution in [0.25, 0.3) is 0 Å². The number of fused-ring (bicyclic) bond motifs is 3. The fourth-order valence-electron chi connectivity index (χ4n) is 6.23. The van der Waals surface area contributed by atoms with E-state index in [2.05, 4.69) is 26.3 Å². The van der Waals surface area contributed by atoms with Gasteiger partial charge in [0.25, 0.3) is 0 Å². The van der Waals surface area contributed by atoms with E-state index in [-0.39, 0.29) is 73.2 Å². The minimum absolute atomic E-state index is 0. The van der Waals surface area contributed by atoms with Crippen molar-refractivity contribution in [2.24, 2.45) is 5.92 Å². The maximum Gasteiger partial charge on any atom is 0.333 e. The summed E-state index contributed by atoms with van der Waals surface area (Å²) < 4.78 is 46.4. The number of carbonyl (C=O) groups is 4. The smallest absolute Gasteiger partial charge is 0.333 e. The summed E-state index contributed by atoms with van der Waals surface area (Å²) in [6.07, 6.45) is 17.3. The predicted octanol–water partition coefficient (Wildman–Crippen LogP) is 7.84. The van der Waals surface area contributed by atoms with Crippen molar-refractivity contribution in [2.75, 3.05) is 33.0 Å². The molecule has 13 nitrogen and oxygen atoms in total. The van der Waals surface area contributed by atoms with Crippen LogP contribution < -0.4 is 0 Å². The first kappa shape index (κ1) is 55.7. The van der Waals surface area contributed by atoms with Crippen LogP contribution >= 0.6 is 0 Å². The monoisotopic (exact) mass is 813 g/mol. The molecule has 7 fully saturated rings. The van der Waals surface area contributed by atoms with Crippen molar-refractivity contribution in [3.8, 4) is 0 Å². The Balaban J connectivity index is 0. The van der Waals surface area contributed by atoms with Gasteiger partial charge in [0, 0.05) is 43.2 Å². The van der Waals surface area contributed by atoms with Crippen molar-refractivity contribution >= 4 is 23.9 Å². The zero-order chi connectivity index (χ0) is 37.5. The molecule has 0 aromatic rings. The van der Waals surface area contributed by atoms with E-state index in [0.717, 1.165) is 77.2 Å². The van der Waals surface area contributed by atoms with Crippen LogP contribution in [-0.4, -0.2) is 112 Å². The molecule has 7 aliphatic rings. The molecule has 4 heterocycles. The van der Waals surface area contributed by atoms with Crippen LogP contribution in [0.5, 0.6) is 0 Å². The highest BCUT2D eigenvalue weighted by atomic mass is 16.6. The third kappa shape index (κ3) is 22.4. The number of ether oxygens (including phenoxy) is 9. The molecule has 330 valence electrons. The second kappa shape index (κ2) is 28.9. The van der Waals surface area contributed by atoms with Gasteiger partial charge in [-0.2, -0.15) is 0 Å². The third-order valence-electron chi connectivity index (χ3n) is 9.52. The van der Waals surface area contributed by atoms with Crippen LogP contribution in [0.15, 0.2) is 50.1 Å². The zero-order valence-electron chi connectivity index (χ0n) is 30.5. The highest BCUT2D eigenvalue weighted by Gasteiger charge is 2.46. The summed E-state index contributed by atoms with van der Waals surface area (Å²) in [6.45, 7) is 18.4. The van der Waals surface area contributed by atoms with Crippen molar-refractivity contribution < 1.29 is 61.8 Å². The molecule has 4 saturated heterocycles. The molecule has 3 saturated carbocycles. The van der Waals surface area contributed by atoms with Gasteiger partial charge in [-0.1, -0.05) is 63.4 Å². The van der Waals surface area contributed by atoms with Crippen LogP contribution in [0.4, 0.5) is 0 Å². The topological polar surface area (TPSA) is 165 Å². The summed E-state index contributed by atoms with van der Waals surface area (Å²) >= 11 is 0. The number of epoxide rings is 4. The summed E-state index contributed by atoms with van der Waals surface area (Å²) in [6, 6.07) is 0. The van der Waals surface area contributed by atoms with Crippen molar-refractivity contribution in [1.82, 2.24) is 0 Å². The molecule has 3 aliphatic carbocycles. The SMILES string of the molecule is C.C.C.C.C.C=C(C)C(=O)OC1CCC2OC2C1.C=CC(=O)OC1CCC2OC2C1.C=CC(=O)OCC1CCC2OC2C1.C=CC(=O)OCCCCOCC1CO1. The van der Waals surface area contributed by atoms with Crippen molar-refractivity contribution in [2.45, 2.75) is 170 Å². The van der Waals surface area contributed by atoms with E-state index >= 15 is 0 Å². The lowest BCUT2D eigenvalue weighted by Gasteiger charge is -2.19. The molecule has 0 N–H and O–H groups in total. The molecule has 0 bridgehead atoms. The van der Waals surface area contributed by atoms with Gasteiger partial charge in [-0.25, -0.2) is 19.2 Å². The van der Waals surface area contributed by atoms with Crippen molar-refractivity contribution in [3.05, 3.63) is 50.1 Å². The summed E-state index contributed by atoms with van der Waals surface area (Å²) in [7, 11) is 0. The molecule has 7 rings (SSSR count). The Kier molecular flexibility index (Phi) is 28.3. The number of hydrogen-bond donors (Lipinski definition) is 0. The highest BCUT2D eigenvalue weighted by molar-refractivity contribution is 5.87. The number of esters is 4. The predicted molar refractivity (Wildman–Crippen MR) is 222 cm³/mol. The van der Waals surface area contributed by atoms with E-state index in [0.29, 0.717) is 80.6 Å². The van der Waals surface area contributed by atoms with Gasteiger partial charge >= 0.3 is 23.9 Å². The van der Waals surface area contributed by atoms with Gasteiger partial charge < -0.3 is 42.6 Å². The second-order valence-electron chi connectivity index (χ2n) is 14.0. The maximum atomic E-state index is 11.2. The molecule has 0 radical (unpaired) electrons. The van der Waals surface area contributed by atoms with E-state index in [4.69, 9.17) is 42.6 Å². The van der Waals surface area contributed by atoms with Crippen LogP contribution in [0.1, 0.15) is 115 Å². The first-order chi connectivity index (χ1) is 25.1. The fourth-order valence-corrected chi connectivity index (χ4v) is 6.23. The van der Waals surface area contributed by atoms with Gasteiger partial charge in [0.05, 0.1) is 63.1 Å². The first-order valence-corrected chi connectivity index (χ1v) is 18.5. The summed E-state index contributed by atoms with van der Waals surface area (Å²) in [5.41, 5.74) is 0.471. The van der Waals surface area contributed by atoms with Gasteiger partial charge in [0.15, 0.2) is 0 Å². The van der Waals surface area contributed by atoms with E-state index < -0.39 is 0 Å². The summed E-state index contributed by atoms with van der Waals surface area (Å²) in [4.78, 5) is 43.4. The standard InChI is InChI=1S/C10H16O4.2C10H14O3.C9H12O3.5CH4/c1-2-10(11)13-6-4-3-5-12-7-9-8-14-9;1-6(2)10(11)12-7-3-4-8-9(5-7)13-8;1-2-10(11)12-6-7-3-4-8-9(5-7)13-8;1-2-9(10)11-6-3-4-7-8(5-6)12-7;;;;;/h2,9H,1,3-8H2;7-9H,1,3-5H2,2H3;2,7-9H,1,3-6H2;2,6-8H,1,3-5H2;5*1H4. The molecule has 10 unspecified atom stereocenters. The average Bonchev–Trinajstić information content (AvgIpc) is 3.94. The van der Waals surface area contributed by atoms with Crippen molar-refractivity contribution in [1.29, 1.82) is 0 Å². The fraction of sp³-hybridized carbons (Fsp3) is 0.727. The second-order valence-corrected chi connectivity index (χ2v) is 14.0. The number of unbranched alkanes of at least 4 members (excludes halogenated alkanes) is 1. The Morgan fingerprint density at radius 3 is 1.54 bits per heavy atom. The average molecular weight is 813 g/mol. The van der Waals surface area contributed by atoms with Gasteiger partial charge in [0.1, 0.15) is 18.3 Å². The van der Waals surface area contributed by atoms with E-state index in [9.17, 15) is 19.2 Å². The molecule has 0 spiro atoms. The molecule has 0 aromatic carbocycles. The quantitative estimate of drug-likeness (QED) is 0.0517. The molecule has 10 atom stereocenters. The largest absolute Gasteiger partial charge is 0.463 e. The number of carbonyl (C=O) groups excluding carboxylic acids is 4. The number of hydrogen-bond acceptors (Lipinski definition) is 13. The molecule has 4 aliphatic heterocycles. The molecule has 0 aromatic heterocycles. The Bertz CT molecular complexity index is 1240. The third-order valence-corrected chi connectivity index (χ3v) is 9.52. The minimum Gasteiger partial charge on any atom is -0.463 e. The lowest BCUT2D eigenvalue weighted by atomic mass is 9.90. The van der Waals surface area contributed by atoms with Gasteiger partial charge in [-0.15, -0.1) is 0 Å². The van der Waals surface area contributed by atoms with Crippen LogP contribution in [0, 0.1) is 5.92 Å². The minimum atomic E-state index is -0.364. The van der Waals surface area contributed by atoms with E-state index in [1.807, 2.05) is 0 Å². The molecular weight excluding hydrogens is 736 g/mol. The Morgan fingerprint density at radius 1 is 0.596 bits per heavy atom. The van der Waals surface area contributed by atoms with Crippen molar-refractivity contribution in [3.63, 3.8) is 0 Å². The molecule has 0 amide bonds. The van der Waals surface area contributed by atoms with Gasteiger partial charge in [0.2, 0.25) is 0 Å². The Labute approximate surface area is 343 Å². The first-order valence-electron chi connectivity index (χ1n) is 18.5. The normalized spacial score (nSPS) is 29.2. The van der Waals surface area contributed by atoms with Crippen LogP contribution in [0.3, 0.4) is 0 Å².